The molecular formula is C11H11F3N2O4. The lowest BCUT2D eigenvalue weighted by atomic mass is 10.1. The molecule has 9 heteroatoms. The van der Waals surface area contributed by atoms with Gasteiger partial charge in [0.25, 0.3) is 5.69 Å². The molecule has 1 rings (SSSR count). The monoisotopic (exact) mass is 292 g/mol. The molecular weight excluding hydrogens is 281 g/mol. The van der Waals surface area contributed by atoms with Gasteiger partial charge in [-0.05, 0) is 19.1 Å². The van der Waals surface area contributed by atoms with Gasteiger partial charge in [0.1, 0.15) is 12.1 Å². The highest BCUT2D eigenvalue weighted by atomic mass is 19.4. The average Bonchev–Trinajstić information content (AvgIpc) is 2.33. The van der Waals surface area contributed by atoms with Crippen LogP contribution in [0.4, 0.5) is 24.5 Å². The summed E-state index contributed by atoms with van der Waals surface area (Å²) in [7, 11) is 0. The second-order valence-corrected chi connectivity index (χ2v) is 3.86. The molecule has 0 fully saturated rings. The molecule has 20 heavy (non-hydrogen) atoms. The lowest BCUT2D eigenvalue weighted by molar-refractivity contribution is -0.388. The minimum atomic E-state index is -4.89. The molecule has 0 spiro atoms. The molecule has 110 valence electrons. The second kappa shape index (κ2) is 5.76. The highest BCUT2D eigenvalue weighted by Gasteiger charge is 2.38. The molecule has 0 radical (unpaired) electrons. The lowest BCUT2D eigenvalue weighted by Gasteiger charge is -2.21. The summed E-state index contributed by atoms with van der Waals surface area (Å²) in [4.78, 5) is 21.3. The van der Waals surface area contributed by atoms with Gasteiger partial charge >= 0.3 is 12.1 Å². The van der Waals surface area contributed by atoms with Gasteiger partial charge in [0, 0.05) is 18.3 Å². The van der Waals surface area contributed by atoms with Crippen molar-refractivity contribution in [2.24, 2.45) is 0 Å². The first kappa shape index (κ1) is 15.7. The maximum Gasteiger partial charge on any atom is 0.423 e. The van der Waals surface area contributed by atoms with Crippen LogP contribution in [0.1, 0.15) is 12.5 Å². The van der Waals surface area contributed by atoms with Gasteiger partial charge in [-0.25, -0.2) is 0 Å². The van der Waals surface area contributed by atoms with Gasteiger partial charge in [-0.1, -0.05) is 0 Å². The molecule has 0 saturated carbocycles. The van der Waals surface area contributed by atoms with Crippen LogP contribution in [-0.2, 0) is 11.0 Å². The number of carboxylic acid groups (broad SMARTS) is 1. The standard InChI is InChI=1S/C11H11F3N2O4/c1-2-15(6-10(17)18)7-3-4-9(16(19)20)8(5-7)11(12,13)14/h3-5H,2,6H2,1H3,(H,17,18). The molecule has 0 aromatic heterocycles. The van der Waals surface area contributed by atoms with Crippen molar-refractivity contribution in [3.63, 3.8) is 0 Å². The van der Waals surface area contributed by atoms with Crippen molar-refractivity contribution in [2.45, 2.75) is 13.1 Å². The van der Waals surface area contributed by atoms with Crippen LogP contribution in [-0.4, -0.2) is 29.1 Å². The molecule has 0 atom stereocenters. The Balaban J connectivity index is 3.31. The molecule has 1 N–H and O–H groups in total. The minimum Gasteiger partial charge on any atom is -0.480 e. The number of carboxylic acids is 1. The fraction of sp³-hybridized carbons (Fsp3) is 0.364. The Morgan fingerprint density at radius 3 is 2.45 bits per heavy atom. The van der Waals surface area contributed by atoms with Crippen LogP contribution in [0.5, 0.6) is 0 Å². The molecule has 0 saturated heterocycles. The van der Waals surface area contributed by atoms with Crippen molar-refractivity contribution < 1.29 is 28.0 Å². The van der Waals surface area contributed by atoms with Crippen LogP contribution in [0.25, 0.3) is 0 Å². The first-order chi connectivity index (χ1) is 9.16. The third-order valence-electron chi connectivity index (χ3n) is 2.56. The summed E-state index contributed by atoms with van der Waals surface area (Å²) < 4.78 is 38.3. The minimum absolute atomic E-state index is 0.0344. The van der Waals surface area contributed by atoms with Gasteiger partial charge in [0.05, 0.1) is 4.92 Å². The lowest BCUT2D eigenvalue weighted by Crippen LogP contribution is -2.29. The Morgan fingerprint density at radius 2 is 2.05 bits per heavy atom. The number of anilines is 1. The number of benzene rings is 1. The third kappa shape index (κ3) is 3.59. The third-order valence-corrected chi connectivity index (χ3v) is 2.56. The summed E-state index contributed by atoms with van der Waals surface area (Å²) in [6, 6.07) is 2.41. The van der Waals surface area contributed by atoms with Gasteiger partial charge in [0.15, 0.2) is 0 Å². The number of carbonyl (C=O) groups is 1. The van der Waals surface area contributed by atoms with Crippen molar-refractivity contribution in [1.29, 1.82) is 0 Å². The number of alkyl halides is 3. The normalized spacial score (nSPS) is 11.2. The van der Waals surface area contributed by atoms with E-state index in [1.807, 2.05) is 0 Å². The van der Waals surface area contributed by atoms with Crippen molar-refractivity contribution in [3.8, 4) is 0 Å². The summed E-state index contributed by atoms with van der Waals surface area (Å²) in [6.07, 6.45) is -4.89. The molecule has 0 aliphatic rings. The average molecular weight is 292 g/mol. The molecule has 0 unspecified atom stereocenters. The number of nitrogens with zero attached hydrogens (tertiary/aromatic N) is 2. The van der Waals surface area contributed by atoms with E-state index in [0.29, 0.717) is 6.07 Å². The molecule has 0 aliphatic heterocycles. The number of rotatable bonds is 5. The first-order valence-electron chi connectivity index (χ1n) is 5.49. The Morgan fingerprint density at radius 1 is 1.45 bits per heavy atom. The van der Waals surface area contributed by atoms with Crippen LogP contribution < -0.4 is 4.90 Å². The molecule has 0 amide bonds. The largest absolute Gasteiger partial charge is 0.480 e. The predicted octanol–water partition coefficient (Wildman–Crippen LogP) is 2.52. The summed E-state index contributed by atoms with van der Waals surface area (Å²) >= 11 is 0. The number of hydrogen-bond acceptors (Lipinski definition) is 4. The van der Waals surface area contributed by atoms with E-state index < -0.39 is 34.9 Å². The Hall–Kier alpha value is -2.32. The summed E-state index contributed by atoms with van der Waals surface area (Å²) in [5.74, 6) is -1.21. The summed E-state index contributed by atoms with van der Waals surface area (Å²) in [5, 5.41) is 19.3. The number of likely N-dealkylation sites (N-methyl/N-ethyl adjacent to an activating group) is 1. The maximum absolute atomic E-state index is 12.8. The zero-order chi connectivity index (χ0) is 15.5. The Bertz CT molecular complexity index is 531. The van der Waals surface area contributed by atoms with Gasteiger partial charge in [-0.15, -0.1) is 0 Å². The number of aliphatic carboxylic acids is 1. The van der Waals surface area contributed by atoms with E-state index in [0.717, 1.165) is 12.1 Å². The molecule has 1 aromatic carbocycles. The fourth-order valence-electron chi connectivity index (χ4n) is 1.66. The Labute approximate surface area is 111 Å². The Kier molecular flexibility index (Phi) is 4.53. The number of nitro groups is 1. The molecule has 0 heterocycles. The zero-order valence-corrected chi connectivity index (χ0v) is 10.3. The van der Waals surface area contributed by atoms with E-state index in [2.05, 4.69) is 0 Å². The van der Waals surface area contributed by atoms with Crippen molar-refractivity contribution >= 4 is 17.3 Å². The quantitative estimate of drug-likeness (QED) is 0.666. The second-order valence-electron chi connectivity index (χ2n) is 3.86. The van der Waals surface area contributed by atoms with Crippen molar-refractivity contribution in [2.75, 3.05) is 18.0 Å². The molecule has 0 aliphatic carbocycles. The first-order valence-corrected chi connectivity index (χ1v) is 5.49. The summed E-state index contributed by atoms with van der Waals surface area (Å²) in [5.41, 5.74) is -2.50. The fourth-order valence-corrected chi connectivity index (χ4v) is 1.66. The number of nitro benzene ring substituents is 1. The number of hydrogen-bond donors (Lipinski definition) is 1. The van der Waals surface area contributed by atoms with E-state index in [-0.39, 0.29) is 12.2 Å². The van der Waals surface area contributed by atoms with E-state index in [1.165, 1.54) is 4.90 Å². The topological polar surface area (TPSA) is 83.7 Å². The summed E-state index contributed by atoms with van der Waals surface area (Å²) in [6.45, 7) is 1.23. The van der Waals surface area contributed by atoms with Crippen molar-refractivity contribution in [3.05, 3.63) is 33.9 Å². The zero-order valence-electron chi connectivity index (χ0n) is 10.3. The smallest absolute Gasteiger partial charge is 0.423 e. The van der Waals surface area contributed by atoms with Crippen LogP contribution >= 0.6 is 0 Å². The van der Waals surface area contributed by atoms with Crippen LogP contribution in [0, 0.1) is 10.1 Å². The molecule has 1 aromatic rings. The van der Waals surface area contributed by atoms with E-state index in [1.54, 1.807) is 6.92 Å². The molecule has 0 bridgehead atoms. The van der Waals surface area contributed by atoms with Crippen molar-refractivity contribution in [1.82, 2.24) is 0 Å². The van der Waals surface area contributed by atoms with Gasteiger partial charge < -0.3 is 10.0 Å². The van der Waals surface area contributed by atoms with Gasteiger partial charge in [-0.3, -0.25) is 14.9 Å². The van der Waals surface area contributed by atoms with E-state index in [4.69, 9.17) is 5.11 Å². The number of halogens is 3. The van der Waals surface area contributed by atoms with Gasteiger partial charge in [-0.2, -0.15) is 13.2 Å². The predicted molar refractivity (Wildman–Crippen MR) is 63.6 cm³/mol. The maximum atomic E-state index is 12.8. The highest BCUT2D eigenvalue weighted by Crippen LogP contribution is 2.38. The van der Waals surface area contributed by atoms with E-state index >= 15 is 0 Å². The van der Waals surface area contributed by atoms with Crippen LogP contribution in [0.15, 0.2) is 18.2 Å². The van der Waals surface area contributed by atoms with Crippen LogP contribution in [0.2, 0.25) is 0 Å². The molecule has 6 nitrogen and oxygen atoms in total. The highest BCUT2D eigenvalue weighted by molar-refractivity contribution is 5.74. The van der Waals surface area contributed by atoms with Gasteiger partial charge in [0.2, 0.25) is 0 Å². The van der Waals surface area contributed by atoms with Crippen LogP contribution in [0.3, 0.4) is 0 Å². The van der Waals surface area contributed by atoms with E-state index in [9.17, 15) is 28.1 Å². The SMILES string of the molecule is CCN(CC(=O)O)c1ccc([N+](=O)[O-])c(C(F)(F)F)c1.